The van der Waals surface area contributed by atoms with Gasteiger partial charge in [0.25, 0.3) is 0 Å². The Bertz CT molecular complexity index is 371. The molecule has 0 radical (unpaired) electrons. The molecule has 1 aromatic heterocycles. The molecule has 1 aliphatic rings. The Morgan fingerprint density at radius 1 is 1.20 bits per heavy atom. The average Bonchev–Trinajstić information content (AvgIpc) is 2.71. The molecule has 0 aromatic carbocycles. The van der Waals surface area contributed by atoms with Crippen LogP contribution in [-0.2, 0) is 6.54 Å². The summed E-state index contributed by atoms with van der Waals surface area (Å²) in [6, 6.07) is 6.19. The minimum absolute atomic E-state index is 0.780. The summed E-state index contributed by atoms with van der Waals surface area (Å²) in [5.41, 5.74) is 1.19. The van der Waals surface area contributed by atoms with E-state index in [1.54, 1.807) is 0 Å². The normalized spacial score (nSPS) is 19.7. The summed E-state index contributed by atoms with van der Waals surface area (Å²) in [5, 5.41) is 0.780. The van der Waals surface area contributed by atoms with E-state index in [-0.39, 0.29) is 0 Å². The summed E-state index contributed by atoms with van der Waals surface area (Å²) >= 11 is 1.98. The highest BCUT2D eigenvalue weighted by Gasteiger charge is 2.15. The van der Waals surface area contributed by atoms with E-state index in [1.165, 1.54) is 51.3 Å². The van der Waals surface area contributed by atoms with Crippen LogP contribution in [0.25, 0.3) is 0 Å². The summed E-state index contributed by atoms with van der Waals surface area (Å²) in [4.78, 5) is 9.61. The lowest BCUT2D eigenvalue weighted by molar-refractivity contribution is 0.248. The number of hydrogen-bond acceptors (Lipinski definition) is 4. The van der Waals surface area contributed by atoms with Crippen LogP contribution in [0.3, 0.4) is 0 Å². The molecule has 0 saturated carbocycles. The van der Waals surface area contributed by atoms with Crippen molar-refractivity contribution in [3.05, 3.63) is 30.1 Å². The van der Waals surface area contributed by atoms with Crippen molar-refractivity contribution >= 4 is 11.8 Å². The van der Waals surface area contributed by atoms with Crippen LogP contribution in [0.5, 0.6) is 0 Å². The number of pyridine rings is 1. The highest BCUT2D eigenvalue weighted by molar-refractivity contribution is 7.99. The number of nitrogens with zero attached hydrogens (tertiary/aromatic N) is 3. The number of aromatic nitrogens is 1. The molecular formula is C16H27N3S. The molecule has 1 atom stereocenters. The van der Waals surface area contributed by atoms with Gasteiger partial charge < -0.3 is 4.90 Å². The van der Waals surface area contributed by atoms with E-state index in [9.17, 15) is 0 Å². The van der Waals surface area contributed by atoms with Crippen molar-refractivity contribution in [1.29, 1.82) is 0 Å². The largest absolute Gasteiger partial charge is 0.302 e. The van der Waals surface area contributed by atoms with Gasteiger partial charge in [0.1, 0.15) is 0 Å². The zero-order valence-electron chi connectivity index (χ0n) is 12.8. The van der Waals surface area contributed by atoms with Crippen LogP contribution in [0.4, 0.5) is 0 Å². The molecule has 0 N–H and O–H groups in total. The molecular weight excluding hydrogens is 266 g/mol. The van der Waals surface area contributed by atoms with Gasteiger partial charge in [-0.15, -0.1) is 0 Å². The molecule has 0 amide bonds. The van der Waals surface area contributed by atoms with Crippen LogP contribution in [-0.4, -0.2) is 59.0 Å². The molecule has 1 fully saturated rings. The molecule has 2 rings (SSSR count). The van der Waals surface area contributed by atoms with Crippen molar-refractivity contribution in [2.45, 2.75) is 31.6 Å². The molecule has 3 nitrogen and oxygen atoms in total. The third kappa shape index (κ3) is 5.43. The Labute approximate surface area is 127 Å². The van der Waals surface area contributed by atoms with Gasteiger partial charge in [0.05, 0.1) is 5.69 Å². The molecule has 0 aliphatic carbocycles. The van der Waals surface area contributed by atoms with Crippen molar-refractivity contribution in [2.75, 3.05) is 39.0 Å². The molecule has 1 saturated heterocycles. The molecule has 1 aliphatic heterocycles. The lowest BCUT2D eigenvalue weighted by Gasteiger charge is -2.22. The van der Waals surface area contributed by atoms with Crippen LogP contribution in [0, 0.1) is 0 Å². The Morgan fingerprint density at radius 2 is 2.00 bits per heavy atom. The highest BCUT2D eigenvalue weighted by Crippen LogP contribution is 2.12. The number of hydrogen-bond donors (Lipinski definition) is 0. The number of rotatable bonds is 6. The predicted octanol–water partition coefficient (Wildman–Crippen LogP) is 2.73. The maximum Gasteiger partial charge on any atom is 0.0543 e. The second-order valence-electron chi connectivity index (χ2n) is 5.63. The summed E-state index contributed by atoms with van der Waals surface area (Å²) < 4.78 is 0. The van der Waals surface area contributed by atoms with Gasteiger partial charge in [0.2, 0.25) is 0 Å². The Balaban J connectivity index is 1.74. The quantitative estimate of drug-likeness (QED) is 0.803. The van der Waals surface area contributed by atoms with Gasteiger partial charge in [0, 0.05) is 31.1 Å². The second kappa shape index (κ2) is 8.65. The van der Waals surface area contributed by atoms with Gasteiger partial charge in [-0.1, -0.05) is 13.0 Å². The highest BCUT2D eigenvalue weighted by atomic mass is 32.2. The van der Waals surface area contributed by atoms with Crippen LogP contribution in [0.15, 0.2) is 24.4 Å². The molecule has 1 aromatic rings. The van der Waals surface area contributed by atoms with Crippen molar-refractivity contribution < 1.29 is 0 Å². The lowest BCUT2D eigenvalue weighted by atomic mass is 10.3. The molecule has 112 valence electrons. The minimum Gasteiger partial charge on any atom is -0.302 e. The molecule has 2 heterocycles. The maximum absolute atomic E-state index is 4.44. The molecule has 0 spiro atoms. The van der Waals surface area contributed by atoms with E-state index in [4.69, 9.17) is 0 Å². The first kappa shape index (κ1) is 15.8. The van der Waals surface area contributed by atoms with Crippen molar-refractivity contribution in [3.63, 3.8) is 0 Å². The first-order chi connectivity index (χ1) is 9.78. The standard InChI is InChI=1S/C16H27N3S/c1-15(20-2)7-11-18-9-5-10-19(13-12-18)14-16-6-3-4-8-17-16/h3-4,6,8,15H,5,7,9-14H2,1-2H3/t15-/m1/s1. The van der Waals surface area contributed by atoms with Crippen LogP contribution in [0.2, 0.25) is 0 Å². The van der Waals surface area contributed by atoms with E-state index in [2.05, 4.69) is 40.1 Å². The van der Waals surface area contributed by atoms with Gasteiger partial charge in [-0.25, -0.2) is 0 Å². The third-order valence-electron chi connectivity index (χ3n) is 4.05. The second-order valence-corrected chi connectivity index (χ2v) is 6.90. The van der Waals surface area contributed by atoms with E-state index in [0.29, 0.717) is 0 Å². The summed E-state index contributed by atoms with van der Waals surface area (Å²) in [5.74, 6) is 0. The van der Waals surface area contributed by atoms with Gasteiger partial charge in [0.15, 0.2) is 0 Å². The van der Waals surface area contributed by atoms with E-state index < -0.39 is 0 Å². The van der Waals surface area contributed by atoms with Crippen molar-refractivity contribution in [2.24, 2.45) is 0 Å². The summed E-state index contributed by atoms with van der Waals surface area (Å²) in [6.45, 7) is 9.40. The van der Waals surface area contributed by atoms with Crippen LogP contribution in [0.1, 0.15) is 25.5 Å². The molecule has 4 heteroatoms. The lowest BCUT2D eigenvalue weighted by Crippen LogP contribution is -2.32. The topological polar surface area (TPSA) is 19.4 Å². The van der Waals surface area contributed by atoms with E-state index in [0.717, 1.165) is 11.8 Å². The fourth-order valence-electron chi connectivity index (χ4n) is 2.61. The zero-order valence-corrected chi connectivity index (χ0v) is 13.6. The minimum atomic E-state index is 0.780. The molecule has 0 unspecified atom stereocenters. The number of thioether (sulfide) groups is 1. The van der Waals surface area contributed by atoms with E-state index >= 15 is 0 Å². The maximum atomic E-state index is 4.44. The monoisotopic (exact) mass is 293 g/mol. The van der Waals surface area contributed by atoms with Crippen molar-refractivity contribution in [1.82, 2.24) is 14.8 Å². The molecule has 20 heavy (non-hydrogen) atoms. The summed E-state index contributed by atoms with van der Waals surface area (Å²) in [6.07, 6.45) is 6.69. The van der Waals surface area contributed by atoms with Gasteiger partial charge in [-0.2, -0.15) is 11.8 Å². The molecule has 0 bridgehead atoms. The zero-order chi connectivity index (χ0) is 14.2. The average molecular weight is 293 g/mol. The van der Waals surface area contributed by atoms with Gasteiger partial charge >= 0.3 is 0 Å². The fraction of sp³-hybridized carbons (Fsp3) is 0.688. The first-order valence-corrected chi connectivity index (χ1v) is 8.94. The smallest absolute Gasteiger partial charge is 0.0543 e. The van der Waals surface area contributed by atoms with Gasteiger partial charge in [-0.3, -0.25) is 9.88 Å². The predicted molar refractivity (Wildman–Crippen MR) is 88.2 cm³/mol. The van der Waals surface area contributed by atoms with Crippen LogP contribution >= 0.6 is 11.8 Å². The Hall–Kier alpha value is -0.580. The Kier molecular flexibility index (Phi) is 6.83. The fourth-order valence-corrected chi connectivity index (χ4v) is 2.95. The van der Waals surface area contributed by atoms with E-state index in [1.807, 2.05) is 24.0 Å². The van der Waals surface area contributed by atoms with Crippen molar-refractivity contribution in [3.8, 4) is 0 Å². The SMILES string of the molecule is CS[C@H](C)CCN1CCCN(Cc2ccccn2)CC1. The third-order valence-corrected chi connectivity index (χ3v) is 5.09. The van der Waals surface area contributed by atoms with Crippen LogP contribution < -0.4 is 0 Å². The van der Waals surface area contributed by atoms with Gasteiger partial charge in [-0.05, 0) is 50.9 Å². The first-order valence-electron chi connectivity index (χ1n) is 7.65. The summed E-state index contributed by atoms with van der Waals surface area (Å²) in [7, 11) is 0. The Morgan fingerprint density at radius 3 is 2.75 bits per heavy atom.